The van der Waals surface area contributed by atoms with Crippen LogP contribution >= 0.6 is 11.6 Å². The van der Waals surface area contributed by atoms with Gasteiger partial charge >= 0.3 is 0 Å². The minimum absolute atomic E-state index is 0.357. The van der Waals surface area contributed by atoms with Crippen molar-refractivity contribution in [3.05, 3.63) is 70.9 Å². The van der Waals surface area contributed by atoms with E-state index < -0.39 is 0 Å². The highest BCUT2D eigenvalue weighted by molar-refractivity contribution is 6.30. The van der Waals surface area contributed by atoms with Crippen molar-refractivity contribution in [2.75, 3.05) is 13.2 Å². The van der Waals surface area contributed by atoms with E-state index in [4.69, 9.17) is 25.5 Å². The zero-order chi connectivity index (χ0) is 18.6. The highest BCUT2D eigenvalue weighted by Crippen LogP contribution is 2.30. The Kier molecular flexibility index (Phi) is 4.80. The largest absolute Gasteiger partial charge is 0.486 e. The number of hydrogen-bond acceptors (Lipinski definition) is 5. The normalized spacial score (nSPS) is 12.9. The van der Waals surface area contributed by atoms with Crippen LogP contribution in [-0.2, 0) is 0 Å². The van der Waals surface area contributed by atoms with Crippen LogP contribution in [0.15, 0.2) is 64.1 Å². The predicted molar refractivity (Wildman–Crippen MR) is 102 cm³/mol. The molecule has 0 saturated heterocycles. The lowest BCUT2D eigenvalue weighted by molar-refractivity contribution is 0.0954. The van der Waals surface area contributed by atoms with E-state index in [2.05, 4.69) is 10.5 Å². The lowest BCUT2D eigenvalue weighted by atomic mass is 10.2. The first kappa shape index (κ1) is 17.2. The molecule has 3 aromatic rings. The molecule has 1 amide bonds. The maximum absolute atomic E-state index is 12.2. The number of carbonyl (C=O) groups is 1. The number of hydrazone groups is 1. The molecule has 0 fully saturated rings. The summed E-state index contributed by atoms with van der Waals surface area (Å²) in [4.78, 5) is 12.2. The Morgan fingerprint density at radius 2 is 1.89 bits per heavy atom. The van der Waals surface area contributed by atoms with Crippen LogP contribution in [0.1, 0.15) is 16.1 Å². The maximum atomic E-state index is 12.2. The van der Waals surface area contributed by atoms with Crippen LogP contribution in [0.3, 0.4) is 0 Å². The second-order valence-electron chi connectivity index (χ2n) is 5.77. The molecule has 0 aliphatic carbocycles. The van der Waals surface area contributed by atoms with Crippen LogP contribution in [0.25, 0.3) is 11.3 Å². The molecule has 2 aromatic carbocycles. The molecule has 2 heterocycles. The summed E-state index contributed by atoms with van der Waals surface area (Å²) in [7, 11) is 0. The standard InChI is InChI=1S/C20H15ClN2O4/c21-15-3-1-2-13(10-15)17-7-5-16(27-17)12-22-23-20(24)14-4-6-18-19(11-14)26-9-8-25-18/h1-7,10-12H,8-9H2,(H,23,24)/b22-12-. The number of furan rings is 1. The Bertz CT molecular complexity index is 1010. The molecule has 0 unspecified atom stereocenters. The molecule has 0 atom stereocenters. The number of nitrogens with zero attached hydrogens (tertiary/aromatic N) is 1. The van der Waals surface area contributed by atoms with Crippen molar-refractivity contribution >= 4 is 23.7 Å². The second-order valence-corrected chi connectivity index (χ2v) is 6.21. The molecule has 136 valence electrons. The molecular formula is C20H15ClN2O4. The van der Waals surface area contributed by atoms with Crippen molar-refractivity contribution in [2.24, 2.45) is 5.10 Å². The Morgan fingerprint density at radius 1 is 1.04 bits per heavy atom. The molecule has 0 spiro atoms. The average molecular weight is 383 g/mol. The van der Waals surface area contributed by atoms with Gasteiger partial charge < -0.3 is 13.9 Å². The number of rotatable bonds is 4. The van der Waals surface area contributed by atoms with Crippen molar-refractivity contribution in [1.82, 2.24) is 5.43 Å². The van der Waals surface area contributed by atoms with Crippen molar-refractivity contribution < 1.29 is 18.7 Å². The molecule has 0 saturated carbocycles. The van der Waals surface area contributed by atoms with Gasteiger partial charge in [0.05, 0.1) is 6.21 Å². The minimum Gasteiger partial charge on any atom is -0.486 e. The molecule has 1 aliphatic heterocycles. The Hall–Kier alpha value is -3.25. The predicted octanol–water partition coefficient (Wildman–Crippen LogP) is 4.14. The van der Waals surface area contributed by atoms with E-state index >= 15 is 0 Å². The number of hydrogen-bond donors (Lipinski definition) is 1. The zero-order valence-corrected chi connectivity index (χ0v) is 14.9. The first-order chi connectivity index (χ1) is 13.2. The van der Waals surface area contributed by atoms with Crippen LogP contribution in [-0.4, -0.2) is 25.3 Å². The quantitative estimate of drug-likeness (QED) is 0.543. The van der Waals surface area contributed by atoms with Crippen LogP contribution in [0.2, 0.25) is 5.02 Å². The van der Waals surface area contributed by atoms with Gasteiger partial charge in [-0.1, -0.05) is 23.7 Å². The Balaban J connectivity index is 1.41. The summed E-state index contributed by atoms with van der Waals surface area (Å²) < 4.78 is 16.6. The fraction of sp³-hybridized carbons (Fsp3) is 0.100. The summed E-state index contributed by atoms with van der Waals surface area (Å²) in [6.07, 6.45) is 1.43. The van der Waals surface area contributed by atoms with E-state index in [0.29, 0.717) is 46.8 Å². The van der Waals surface area contributed by atoms with Crippen LogP contribution < -0.4 is 14.9 Å². The maximum Gasteiger partial charge on any atom is 0.271 e. The lowest BCUT2D eigenvalue weighted by Gasteiger charge is -2.18. The number of fused-ring (bicyclic) bond motifs is 1. The Morgan fingerprint density at radius 3 is 2.74 bits per heavy atom. The van der Waals surface area contributed by atoms with Gasteiger partial charge in [-0.15, -0.1) is 0 Å². The molecule has 6 nitrogen and oxygen atoms in total. The molecule has 7 heteroatoms. The van der Waals surface area contributed by atoms with Gasteiger partial charge in [0.15, 0.2) is 11.5 Å². The van der Waals surface area contributed by atoms with Crippen molar-refractivity contribution in [1.29, 1.82) is 0 Å². The van der Waals surface area contributed by atoms with E-state index in [-0.39, 0.29) is 5.91 Å². The van der Waals surface area contributed by atoms with Crippen LogP contribution in [0.4, 0.5) is 0 Å². The van der Waals surface area contributed by atoms with Crippen LogP contribution in [0.5, 0.6) is 11.5 Å². The first-order valence-corrected chi connectivity index (χ1v) is 8.66. The number of halogens is 1. The monoisotopic (exact) mass is 382 g/mol. The summed E-state index contributed by atoms with van der Waals surface area (Å²) in [6.45, 7) is 0.965. The van der Waals surface area contributed by atoms with Gasteiger partial charge in [-0.2, -0.15) is 5.10 Å². The first-order valence-electron chi connectivity index (χ1n) is 8.28. The molecule has 1 aromatic heterocycles. The fourth-order valence-corrected chi connectivity index (χ4v) is 2.81. The SMILES string of the molecule is O=C(N/N=C\c1ccc(-c2cccc(Cl)c2)o1)c1ccc2c(c1)OCCO2. The molecular weight excluding hydrogens is 368 g/mol. The summed E-state index contributed by atoms with van der Waals surface area (Å²) >= 11 is 5.99. The minimum atomic E-state index is -0.357. The average Bonchev–Trinajstić information content (AvgIpc) is 3.16. The molecule has 1 N–H and O–H groups in total. The molecule has 0 bridgehead atoms. The van der Waals surface area contributed by atoms with E-state index in [1.165, 1.54) is 6.21 Å². The van der Waals surface area contributed by atoms with Gasteiger partial charge in [0.25, 0.3) is 5.91 Å². The van der Waals surface area contributed by atoms with Gasteiger partial charge in [-0.05, 0) is 42.5 Å². The third-order valence-electron chi connectivity index (χ3n) is 3.90. The highest BCUT2D eigenvalue weighted by Gasteiger charge is 2.14. The number of benzene rings is 2. The van der Waals surface area contributed by atoms with Gasteiger partial charge in [0.1, 0.15) is 24.7 Å². The number of ether oxygens (including phenoxy) is 2. The van der Waals surface area contributed by atoms with Crippen molar-refractivity contribution in [3.8, 4) is 22.8 Å². The van der Waals surface area contributed by atoms with E-state index in [1.807, 2.05) is 24.3 Å². The lowest BCUT2D eigenvalue weighted by Crippen LogP contribution is -2.19. The molecule has 0 radical (unpaired) electrons. The third kappa shape index (κ3) is 3.96. The van der Waals surface area contributed by atoms with Gasteiger partial charge in [0.2, 0.25) is 0 Å². The number of nitrogens with one attached hydrogen (secondary N) is 1. The van der Waals surface area contributed by atoms with Gasteiger partial charge in [-0.25, -0.2) is 5.43 Å². The van der Waals surface area contributed by atoms with E-state index in [1.54, 1.807) is 30.3 Å². The highest BCUT2D eigenvalue weighted by atomic mass is 35.5. The van der Waals surface area contributed by atoms with Crippen LogP contribution in [0, 0.1) is 0 Å². The molecule has 27 heavy (non-hydrogen) atoms. The smallest absolute Gasteiger partial charge is 0.271 e. The fourth-order valence-electron chi connectivity index (χ4n) is 2.62. The van der Waals surface area contributed by atoms with Crippen molar-refractivity contribution in [2.45, 2.75) is 0 Å². The second kappa shape index (κ2) is 7.55. The van der Waals surface area contributed by atoms with E-state index in [0.717, 1.165) is 5.56 Å². The third-order valence-corrected chi connectivity index (χ3v) is 4.13. The topological polar surface area (TPSA) is 73.1 Å². The number of carbonyl (C=O) groups excluding carboxylic acids is 1. The molecule has 4 rings (SSSR count). The van der Waals surface area contributed by atoms with E-state index in [9.17, 15) is 4.79 Å². The number of amides is 1. The van der Waals surface area contributed by atoms with Crippen molar-refractivity contribution in [3.63, 3.8) is 0 Å². The molecule has 1 aliphatic rings. The summed E-state index contributed by atoms with van der Waals surface area (Å²) in [5, 5.41) is 4.57. The summed E-state index contributed by atoms with van der Waals surface area (Å²) in [5.74, 6) is 2.00. The Labute approximate surface area is 160 Å². The summed E-state index contributed by atoms with van der Waals surface area (Å²) in [5.41, 5.74) is 3.76. The summed E-state index contributed by atoms with van der Waals surface area (Å²) in [6, 6.07) is 15.9. The zero-order valence-electron chi connectivity index (χ0n) is 14.1. The van der Waals surface area contributed by atoms with Gasteiger partial charge in [0, 0.05) is 16.1 Å². The van der Waals surface area contributed by atoms with Gasteiger partial charge in [-0.3, -0.25) is 4.79 Å².